The quantitative estimate of drug-likeness (QED) is 0.197. The highest BCUT2D eigenvalue weighted by molar-refractivity contribution is 7.60. The average Bonchev–Trinajstić information content (AvgIpc) is 3.33. The molecule has 5 N–H and O–H groups in total. The number of phosphoric acid groups is 2. The third-order valence-corrected chi connectivity index (χ3v) is 7.53. The number of nitrogens with zero attached hydrogens (tertiary/aromatic N) is 3. The Morgan fingerprint density at radius 2 is 1.77 bits per heavy atom. The van der Waals surface area contributed by atoms with Crippen molar-refractivity contribution in [2.45, 2.75) is 37.4 Å². The third kappa shape index (κ3) is 6.87. The molecule has 0 bridgehead atoms. The van der Waals surface area contributed by atoms with Gasteiger partial charge in [-0.1, -0.05) is 5.16 Å². The molecule has 17 nitrogen and oxygen atoms in total. The Labute approximate surface area is 218 Å². The molecule has 1 saturated heterocycles. The van der Waals surface area contributed by atoms with Crippen molar-refractivity contribution in [1.29, 1.82) is 0 Å². The number of ether oxygens (including phenoxy) is 2. The molecule has 1 fully saturated rings. The maximum atomic E-state index is 13.1. The maximum Gasteiger partial charge on any atom is 0.573 e. The Bertz CT molecular complexity index is 1610. The first-order valence-electron chi connectivity index (χ1n) is 10.7. The van der Waals surface area contributed by atoms with E-state index in [0.717, 1.165) is 30.5 Å². The molecule has 2 unspecified atom stereocenters. The van der Waals surface area contributed by atoms with E-state index in [1.807, 2.05) is 0 Å². The van der Waals surface area contributed by atoms with Gasteiger partial charge in [0.15, 0.2) is 11.8 Å². The number of benzene rings is 1. The number of hydrogen-bond donors (Lipinski definition) is 5. The standard InChI is InChI=1S/C18H18F3N3O14P2/c19-18(20,21)36-8-1-2-11-9(5-8)10(22-37-11)6-24-13(25)3-4-23(17(24)28)16-15(27)14(26)12(35-16)7-34-40(32,33)38-39(29,30)31/h1-5,12,14-16,26-27H,6-7H2,(H,32,33)(H2,29,30,31)/t12-,14+,15?,16-/m1/s1. The second kappa shape index (κ2) is 10.8. The van der Waals surface area contributed by atoms with E-state index in [1.54, 1.807) is 0 Å². The number of fused-ring (bicyclic) bond motifs is 1. The minimum Gasteiger partial charge on any atom is -0.406 e. The van der Waals surface area contributed by atoms with Crippen molar-refractivity contribution in [3.05, 3.63) is 57.0 Å². The molecule has 4 rings (SSSR count). The molecule has 1 aliphatic rings. The minimum absolute atomic E-state index is 0.0123. The van der Waals surface area contributed by atoms with Crippen LogP contribution in [0.4, 0.5) is 13.2 Å². The zero-order chi connectivity index (χ0) is 29.6. The van der Waals surface area contributed by atoms with Crippen LogP contribution in [0.5, 0.6) is 5.75 Å². The number of aliphatic hydroxyl groups excluding tert-OH is 2. The normalized spacial score (nSPS) is 23.4. The van der Waals surface area contributed by atoms with Gasteiger partial charge in [0.25, 0.3) is 5.56 Å². The highest BCUT2D eigenvalue weighted by Crippen LogP contribution is 2.57. The van der Waals surface area contributed by atoms with Crippen LogP contribution in [0.2, 0.25) is 0 Å². The van der Waals surface area contributed by atoms with Crippen LogP contribution in [-0.2, 0) is 29.2 Å². The molecule has 2 aromatic heterocycles. The van der Waals surface area contributed by atoms with Gasteiger partial charge in [0.05, 0.1) is 18.5 Å². The summed E-state index contributed by atoms with van der Waals surface area (Å²) in [5, 5.41) is 24.3. The number of phosphoric ester groups is 1. The summed E-state index contributed by atoms with van der Waals surface area (Å²) in [6.45, 7) is -1.66. The van der Waals surface area contributed by atoms with Crippen LogP contribution in [0.25, 0.3) is 11.0 Å². The van der Waals surface area contributed by atoms with E-state index < -0.39 is 76.7 Å². The van der Waals surface area contributed by atoms with Crippen LogP contribution >= 0.6 is 15.6 Å². The summed E-state index contributed by atoms with van der Waals surface area (Å²) in [5.74, 6) is -0.620. The van der Waals surface area contributed by atoms with Crippen molar-refractivity contribution < 1.29 is 70.0 Å². The minimum atomic E-state index is -5.44. The Morgan fingerprint density at radius 3 is 2.42 bits per heavy atom. The molecule has 22 heteroatoms. The van der Waals surface area contributed by atoms with Gasteiger partial charge < -0.3 is 38.9 Å². The van der Waals surface area contributed by atoms with Crippen LogP contribution in [0.1, 0.15) is 11.9 Å². The molecule has 40 heavy (non-hydrogen) atoms. The first kappa shape index (κ1) is 30.1. The van der Waals surface area contributed by atoms with Gasteiger partial charge in [-0.15, -0.1) is 13.2 Å². The SMILES string of the molecule is O=c1ccn([C@@H]2O[C@H](COP(=O)(O)OP(=O)(O)O)[C@H](O)C2O)c(=O)n1Cc1noc2ccc(OC(F)(F)F)cc12. The Morgan fingerprint density at radius 1 is 1.07 bits per heavy atom. The second-order valence-corrected chi connectivity index (χ2v) is 11.0. The predicted molar refractivity (Wildman–Crippen MR) is 120 cm³/mol. The highest BCUT2D eigenvalue weighted by atomic mass is 31.3. The van der Waals surface area contributed by atoms with Crippen molar-refractivity contribution in [2.75, 3.05) is 6.61 Å². The van der Waals surface area contributed by atoms with Crippen LogP contribution in [0.15, 0.2) is 44.6 Å². The van der Waals surface area contributed by atoms with E-state index in [-0.39, 0.29) is 16.7 Å². The zero-order valence-electron chi connectivity index (χ0n) is 19.4. The fourth-order valence-electron chi connectivity index (χ4n) is 3.72. The van der Waals surface area contributed by atoms with Crippen LogP contribution in [0, 0.1) is 0 Å². The lowest BCUT2D eigenvalue weighted by Crippen LogP contribution is -2.43. The summed E-state index contributed by atoms with van der Waals surface area (Å²) in [7, 11) is -10.8. The molecule has 3 heterocycles. The van der Waals surface area contributed by atoms with Gasteiger partial charge in [0, 0.05) is 12.3 Å². The number of alkyl halides is 3. The fourth-order valence-corrected chi connectivity index (χ4v) is 5.32. The van der Waals surface area contributed by atoms with Crippen LogP contribution < -0.4 is 16.0 Å². The van der Waals surface area contributed by atoms with Gasteiger partial charge in [-0.2, -0.15) is 4.31 Å². The zero-order valence-corrected chi connectivity index (χ0v) is 21.2. The molecular formula is C18H18F3N3O14P2. The number of rotatable bonds is 9. The number of halogens is 3. The molecule has 0 radical (unpaired) electrons. The average molecular weight is 619 g/mol. The Balaban J connectivity index is 1.58. The molecule has 0 saturated carbocycles. The summed E-state index contributed by atoms with van der Waals surface area (Å²) < 4.78 is 83.6. The molecular weight excluding hydrogens is 601 g/mol. The lowest BCUT2D eigenvalue weighted by molar-refractivity contribution is -0.274. The van der Waals surface area contributed by atoms with Gasteiger partial charge >= 0.3 is 27.7 Å². The first-order chi connectivity index (χ1) is 18.4. The van der Waals surface area contributed by atoms with Gasteiger partial charge in [-0.25, -0.2) is 13.9 Å². The topological polar surface area (TPSA) is 242 Å². The largest absolute Gasteiger partial charge is 0.573 e. The monoisotopic (exact) mass is 619 g/mol. The molecule has 3 aromatic rings. The molecule has 220 valence electrons. The molecule has 0 amide bonds. The summed E-state index contributed by atoms with van der Waals surface area (Å²) in [6.07, 6.45) is -11.2. The summed E-state index contributed by atoms with van der Waals surface area (Å²) in [6, 6.07) is 3.89. The lowest BCUT2D eigenvalue weighted by Gasteiger charge is -2.19. The van der Waals surface area contributed by atoms with Gasteiger partial charge in [-0.3, -0.25) is 18.5 Å². The van der Waals surface area contributed by atoms with Crippen molar-refractivity contribution in [2.24, 2.45) is 0 Å². The van der Waals surface area contributed by atoms with Crippen LogP contribution in [-0.4, -0.2) is 70.5 Å². The Kier molecular flexibility index (Phi) is 8.14. The van der Waals surface area contributed by atoms with Crippen molar-refractivity contribution in [3.8, 4) is 5.75 Å². The number of aromatic nitrogens is 3. The van der Waals surface area contributed by atoms with Crippen molar-refractivity contribution in [3.63, 3.8) is 0 Å². The van der Waals surface area contributed by atoms with E-state index in [9.17, 15) is 47.0 Å². The number of aliphatic hydroxyl groups is 2. The Hall–Kier alpha value is -2.90. The van der Waals surface area contributed by atoms with Crippen molar-refractivity contribution in [1.82, 2.24) is 14.3 Å². The van der Waals surface area contributed by atoms with Gasteiger partial charge in [0.1, 0.15) is 29.8 Å². The molecule has 0 spiro atoms. The predicted octanol–water partition coefficient (Wildman–Crippen LogP) is -0.0564. The summed E-state index contributed by atoms with van der Waals surface area (Å²) >= 11 is 0. The third-order valence-electron chi connectivity index (χ3n) is 5.38. The molecule has 5 atom stereocenters. The smallest absolute Gasteiger partial charge is 0.406 e. The fraction of sp³-hybridized carbons (Fsp3) is 0.389. The van der Waals surface area contributed by atoms with E-state index >= 15 is 0 Å². The van der Waals surface area contributed by atoms with E-state index in [4.69, 9.17) is 19.0 Å². The molecule has 0 aliphatic carbocycles. The lowest BCUT2D eigenvalue weighted by atomic mass is 10.1. The molecule has 1 aliphatic heterocycles. The molecule has 1 aromatic carbocycles. The summed E-state index contributed by atoms with van der Waals surface area (Å²) in [5.41, 5.74) is -2.16. The second-order valence-electron chi connectivity index (χ2n) is 8.15. The van der Waals surface area contributed by atoms with E-state index in [2.05, 4.69) is 18.7 Å². The van der Waals surface area contributed by atoms with Gasteiger partial charge in [-0.05, 0) is 18.2 Å². The highest BCUT2D eigenvalue weighted by Gasteiger charge is 2.46. The maximum absolute atomic E-state index is 13.1. The first-order valence-corrected chi connectivity index (χ1v) is 13.7. The van der Waals surface area contributed by atoms with Crippen molar-refractivity contribution >= 4 is 26.6 Å². The summed E-state index contributed by atoms with van der Waals surface area (Å²) in [4.78, 5) is 52.3. The van der Waals surface area contributed by atoms with E-state index in [0.29, 0.717) is 9.13 Å². The van der Waals surface area contributed by atoms with Crippen LogP contribution in [0.3, 0.4) is 0 Å². The number of hydrogen-bond acceptors (Lipinski definition) is 12. The van der Waals surface area contributed by atoms with Gasteiger partial charge in [0.2, 0.25) is 0 Å². The van der Waals surface area contributed by atoms with E-state index in [1.165, 1.54) is 0 Å².